The minimum atomic E-state index is -1.27. The van der Waals surface area contributed by atoms with Crippen molar-refractivity contribution in [2.24, 2.45) is 23.7 Å². The Balaban J connectivity index is 1.11. The molecule has 10 heteroatoms. The highest BCUT2D eigenvalue weighted by atomic mass is 16.6. The Kier molecular flexibility index (Phi) is 8.83. The molecule has 0 spiro atoms. The highest BCUT2D eigenvalue weighted by molar-refractivity contribution is 5.93. The molecule has 7 rings (SSSR count). The fraction of sp³-hybridized carbons (Fsp3) is 0.486. The van der Waals surface area contributed by atoms with Crippen LogP contribution < -0.4 is 16.0 Å². The maximum absolute atomic E-state index is 13.8. The number of rotatable bonds is 12. The Hall–Kier alpha value is -4.34. The number of amides is 3. The topological polar surface area (TPSA) is 150 Å². The van der Waals surface area contributed by atoms with Gasteiger partial charge < -0.3 is 30.8 Å². The lowest BCUT2D eigenvalue weighted by Crippen LogP contribution is -2.60. The maximum Gasteiger partial charge on any atom is 0.408 e. The first-order valence-electron chi connectivity index (χ1n) is 16.1. The number of carbonyl (C=O) groups is 4. The molecule has 10 nitrogen and oxygen atoms in total. The number of H-pyrrole nitrogens is 1. The van der Waals surface area contributed by atoms with E-state index in [0.29, 0.717) is 30.5 Å². The molecule has 4 fully saturated rings. The normalized spacial score (nSPS) is 24.5. The number of aromatic nitrogens is 1. The van der Waals surface area contributed by atoms with E-state index < -0.39 is 17.6 Å². The van der Waals surface area contributed by atoms with E-state index in [1.165, 1.54) is 6.42 Å². The number of nitrogens with one attached hydrogen (secondary N) is 4. The van der Waals surface area contributed by atoms with Gasteiger partial charge in [0.15, 0.2) is 0 Å². The van der Waals surface area contributed by atoms with E-state index in [0.717, 1.165) is 59.5 Å². The molecule has 1 unspecified atom stereocenters. The van der Waals surface area contributed by atoms with Gasteiger partial charge in [-0.2, -0.15) is 0 Å². The Bertz CT molecular complexity index is 1550. The molecule has 4 aliphatic rings. The molecular formula is C35H42N4O6. The summed E-state index contributed by atoms with van der Waals surface area (Å²) in [7, 11) is 0. The summed E-state index contributed by atoms with van der Waals surface area (Å²) in [5.74, 6) is 0.652. The van der Waals surface area contributed by atoms with Crippen LogP contribution in [-0.4, -0.2) is 52.2 Å². The van der Waals surface area contributed by atoms with Gasteiger partial charge in [0, 0.05) is 42.2 Å². The first kappa shape index (κ1) is 30.7. The predicted octanol–water partition coefficient (Wildman–Crippen LogP) is 5.18. The summed E-state index contributed by atoms with van der Waals surface area (Å²) in [5, 5.41) is 18.5. The lowest BCUT2D eigenvalue weighted by molar-refractivity contribution is -0.138. The predicted molar refractivity (Wildman–Crippen MR) is 170 cm³/mol. The average molecular weight is 615 g/mol. The van der Waals surface area contributed by atoms with E-state index in [-0.39, 0.29) is 37.2 Å². The Morgan fingerprint density at radius 2 is 1.69 bits per heavy atom. The van der Waals surface area contributed by atoms with Crippen LogP contribution in [-0.2, 0) is 32.0 Å². The summed E-state index contributed by atoms with van der Waals surface area (Å²) in [6, 6.07) is 15.1. The number of aromatic amines is 1. The van der Waals surface area contributed by atoms with Crippen LogP contribution >= 0.6 is 0 Å². The summed E-state index contributed by atoms with van der Waals surface area (Å²) in [5.41, 5.74) is 2.06. The first-order chi connectivity index (χ1) is 21.6. The van der Waals surface area contributed by atoms with Gasteiger partial charge >= 0.3 is 12.1 Å². The van der Waals surface area contributed by atoms with E-state index in [1.54, 1.807) is 25.1 Å². The van der Waals surface area contributed by atoms with Crippen molar-refractivity contribution < 1.29 is 29.0 Å². The van der Waals surface area contributed by atoms with E-state index in [2.05, 4.69) is 20.9 Å². The van der Waals surface area contributed by atoms with Crippen molar-refractivity contribution >= 4 is 40.5 Å². The summed E-state index contributed by atoms with van der Waals surface area (Å²) in [6.45, 7) is 2.06. The van der Waals surface area contributed by atoms with Crippen molar-refractivity contribution in [2.75, 3.05) is 11.9 Å². The number of carboxylic acids is 1. The van der Waals surface area contributed by atoms with Crippen molar-refractivity contribution in [3.8, 4) is 0 Å². The van der Waals surface area contributed by atoms with Crippen LogP contribution in [0.3, 0.4) is 0 Å². The fourth-order valence-electron chi connectivity index (χ4n) is 8.05. The standard InChI is InChI=1S/C35H42N4O6/c1-35(19-26-20-37-29-8-3-2-7-28(26)29,39-34(44)45-32-24-14-22-13-23(16-24)17-25(32)15-22)33(43)36-12-11-21-5-4-6-27(18-21)38-30(40)9-10-31(41)42/h2-8,18,20,22-25,32,37H,9-17,19H2,1H3,(H,36,43)(H,38,40)(H,39,44)(H,41,42). The molecule has 4 aliphatic carbocycles. The van der Waals surface area contributed by atoms with Gasteiger partial charge in [-0.3, -0.25) is 14.4 Å². The molecule has 3 amide bonds. The van der Waals surface area contributed by atoms with Gasteiger partial charge in [-0.15, -0.1) is 0 Å². The Labute approximate surface area is 262 Å². The van der Waals surface area contributed by atoms with E-state index in [9.17, 15) is 19.2 Å². The average Bonchev–Trinajstić information content (AvgIpc) is 3.40. The molecule has 2 aromatic carbocycles. The Morgan fingerprint density at radius 3 is 2.42 bits per heavy atom. The number of hydrogen-bond acceptors (Lipinski definition) is 5. The second-order valence-corrected chi connectivity index (χ2v) is 13.4. The lowest BCUT2D eigenvalue weighted by atomic mass is 9.55. The molecule has 0 aliphatic heterocycles. The second-order valence-electron chi connectivity index (χ2n) is 13.4. The number of anilines is 1. The van der Waals surface area contributed by atoms with Crippen LogP contribution in [0.5, 0.6) is 0 Å². The molecule has 4 bridgehead atoms. The quantitative estimate of drug-likeness (QED) is 0.190. The lowest BCUT2D eigenvalue weighted by Gasteiger charge is -2.53. The van der Waals surface area contributed by atoms with Crippen molar-refractivity contribution in [2.45, 2.75) is 76.4 Å². The smallest absolute Gasteiger partial charge is 0.408 e. The number of carboxylic acid groups (broad SMARTS) is 1. The van der Waals surface area contributed by atoms with Crippen LogP contribution in [0.15, 0.2) is 54.7 Å². The third kappa shape index (κ3) is 7.16. The van der Waals surface area contributed by atoms with Crippen molar-refractivity contribution in [1.29, 1.82) is 0 Å². The second kappa shape index (κ2) is 12.9. The number of hydrogen-bond donors (Lipinski definition) is 5. The van der Waals surface area contributed by atoms with Gasteiger partial charge in [-0.1, -0.05) is 30.3 Å². The van der Waals surface area contributed by atoms with Crippen LogP contribution in [0.1, 0.15) is 63.0 Å². The van der Waals surface area contributed by atoms with Gasteiger partial charge in [0.2, 0.25) is 11.8 Å². The van der Waals surface area contributed by atoms with Gasteiger partial charge in [-0.25, -0.2) is 4.79 Å². The number of fused-ring (bicyclic) bond motifs is 1. The van der Waals surface area contributed by atoms with E-state index in [4.69, 9.17) is 9.84 Å². The molecule has 45 heavy (non-hydrogen) atoms. The molecule has 0 radical (unpaired) electrons. The zero-order valence-corrected chi connectivity index (χ0v) is 25.6. The Morgan fingerprint density at radius 1 is 0.956 bits per heavy atom. The number of benzene rings is 2. The summed E-state index contributed by atoms with van der Waals surface area (Å²) in [4.78, 5) is 53.4. The minimum Gasteiger partial charge on any atom is -0.481 e. The van der Waals surface area contributed by atoms with Crippen molar-refractivity contribution in [1.82, 2.24) is 15.6 Å². The molecule has 4 saturated carbocycles. The number of alkyl carbamates (subject to hydrolysis) is 1. The van der Waals surface area contributed by atoms with E-state index >= 15 is 0 Å². The summed E-state index contributed by atoms with van der Waals surface area (Å²) < 4.78 is 6.12. The largest absolute Gasteiger partial charge is 0.481 e. The SMILES string of the molecule is CC(Cc1c[nH]c2ccccc12)(NC(=O)OC1C2CC3CC(C2)CC1C3)C(=O)NCCc1cccc(NC(=O)CCC(=O)O)c1. The minimum absolute atomic E-state index is 0.0879. The van der Waals surface area contributed by atoms with Gasteiger partial charge in [-0.05, 0) is 98.4 Å². The molecular weight excluding hydrogens is 572 g/mol. The van der Waals surface area contributed by atoms with Crippen LogP contribution in [0.4, 0.5) is 10.5 Å². The molecule has 238 valence electrons. The number of aliphatic carboxylic acids is 1. The monoisotopic (exact) mass is 614 g/mol. The zero-order valence-electron chi connectivity index (χ0n) is 25.6. The third-order valence-electron chi connectivity index (χ3n) is 9.96. The number of ether oxygens (including phenoxy) is 1. The maximum atomic E-state index is 13.8. The molecule has 5 N–H and O–H groups in total. The van der Waals surface area contributed by atoms with Crippen LogP contribution in [0.25, 0.3) is 10.9 Å². The zero-order chi connectivity index (χ0) is 31.6. The van der Waals surface area contributed by atoms with Crippen LogP contribution in [0.2, 0.25) is 0 Å². The van der Waals surface area contributed by atoms with Gasteiger partial charge in [0.1, 0.15) is 11.6 Å². The molecule has 1 atom stereocenters. The van der Waals surface area contributed by atoms with Crippen LogP contribution in [0, 0.1) is 23.7 Å². The first-order valence-corrected chi connectivity index (χ1v) is 16.1. The third-order valence-corrected chi connectivity index (χ3v) is 9.96. The molecule has 0 saturated heterocycles. The van der Waals surface area contributed by atoms with Crippen molar-refractivity contribution in [3.05, 3.63) is 65.9 Å². The summed E-state index contributed by atoms with van der Waals surface area (Å²) in [6.07, 6.45) is 7.52. The number of para-hydroxylation sites is 1. The molecule has 1 heterocycles. The fourth-order valence-corrected chi connectivity index (χ4v) is 8.05. The molecule has 1 aromatic heterocycles. The molecule has 3 aromatic rings. The van der Waals surface area contributed by atoms with Gasteiger partial charge in [0.25, 0.3) is 0 Å². The highest BCUT2D eigenvalue weighted by Gasteiger charge is 2.50. The van der Waals surface area contributed by atoms with E-state index in [1.807, 2.05) is 36.5 Å². The highest BCUT2D eigenvalue weighted by Crippen LogP contribution is 2.54. The number of carbonyl (C=O) groups excluding carboxylic acids is 3. The summed E-state index contributed by atoms with van der Waals surface area (Å²) >= 11 is 0. The van der Waals surface area contributed by atoms with Gasteiger partial charge in [0.05, 0.1) is 6.42 Å². The van der Waals surface area contributed by atoms with Crippen molar-refractivity contribution in [3.63, 3.8) is 0 Å².